The summed E-state index contributed by atoms with van der Waals surface area (Å²) < 4.78 is 4.42. The van der Waals surface area contributed by atoms with Gasteiger partial charge in [-0.05, 0) is 18.3 Å². The molecule has 1 heterocycles. The molecule has 0 radical (unpaired) electrons. The average Bonchev–Trinajstić information content (AvgIpc) is 2.04. The molecule has 1 aliphatic rings. The van der Waals surface area contributed by atoms with Gasteiger partial charge < -0.3 is 4.74 Å². The van der Waals surface area contributed by atoms with Crippen molar-refractivity contribution in [2.75, 3.05) is 0 Å². The van der Waals surface area contributed by atoms with Gasteiger partial charge in [-0.1, -0.05) is 27.7 Å². The molecule has 0 aromatic rings. The van der Waals surface area contributed by atoms with Crippen LogP contribution in [0.1, 0.15) is 47.0 Å². The summed E-state index contributed by atoms with van der Waals surface area (Å²) in [6, 6.07) is 0. The van der Waals surface area contributed by atoms with Crippen LogP contribution in [0.2, 0.25) is 0 Å². The van der Waals surface area contributed by atoms with E-state index in [0.717, 1.165) is 6.42 Å². The first-order chi connectivity index (χ1) is 6.58. The largest absolute Gasteiger partial charge is 0.393 e. The molecule has 1 fully saturated rings. The standard InChI is InChI=1S/C9H14O3.C2H6/c1-6(2)3-7-4-8(10)12-9(11)5-7;1-2/h6-7H,3-5H2,1-2H3;1-2H3. The maximum Gasteiger partial charge on any atom is 0.313 e. The fourth-order valence-electron chi connectivity index (χ4n) is 1.59. The summed E-state index contributed by atoms with van der Waals surface area (Å²) in [5, 5.41) is 0. The van der Waals surface area contributed by atoms with Crippen molar-refractivity contribution in [1.82, 2.24) is 0 Å². The number of hydrogen-bond acceptors (Lipinski definition) is 3. The topological polar surface area (TPSA) is 43.4 Å². The highest BCUT2D eigenvalue weighted by Gasteiger charge is 2.27. The molecule has 3 nitrogen and oxygen atoms in total. The molecule has 0 unspecified atom stereocenters. The van der Waals surface area contributed by atoms with E-state index in [2.05, 4.69) is 18.6 Å². The van der Waals surface area contributed by atoms with Crippen molar-refractivity contribution < 1.29 is 14.3 Å². The fraction of sp³-hybridized carbons (Fsp3) is 0.818. The maximum atomic E-state index is 10.8. The second-order valence-corrected chi connectivity index (χ2v) is 3.75. The first-order valence-corrected chi connectivity index (χ1v) is 5.31. The molecule has 0 aromatic heterocycles. The lowest BCUT2D eigenvalue weighted by molar-refractivity contribution is -0.165. The highest BCUT2D eigenvalue weighted by molar-refractivity contribution is 5.88. The summed E-state index contributed by atoms with van der Waals surface area (Å²) in [4.78, 5) is 21.6. The summed E-state index contributed by atoms with van der Waals surface area (Å²) in [5.41, 5.74) is 0. The van der Waals surface area contributed by atoms with Crippen LogP contribution < -0.4 is 0 Å². The van der Waals surface area contributed by atoms with Crippen LogP contribution in [0, 0.1) is 11.8 Å². The van der Waals surface area contributed by atoms with Crippen LogP contribution in [0.15, 0.2) is 0 Å². The molecule has 0 N–H and O–H groups in total. The molecule has 1 saturated heterocycles. The lowest BCUT2D eigenvalue weighted by Crippen LogP contribution is -2.26. The van der Waals surface area contributed by atoms with Gasteiger partial charge >= 0.3 is 11.9 Å². The molecule has 0 spiro atoms. The van der Waals surface area contributed by atoms with Crippen molar-refractivity contribution in [2.45, 2.75) is 47.0 Å². The predicted octanol–water partition coefficient (Wildman–Crippen LogP) is 2.54. The molecule has 14 heavy (non-hydrogen) atoms. The Labute approximate surface area is 85.8 Å². The molecular formula is C11H20O3. The van der Waals surface area contributed by atoms with Crippen molar-refractivity contribution >= 4 is 11.9 Å². The molecule has 0 amide bonds. The normalized spacial score (nSPS) is 17.5. The van der Waals surface area contributed by atoms with Crippen LogP contribution in [-0.4, -0.2) is 11.9 Å². The number of ether oxygens (including phenoxy) is 1. The monoisotopic (exact) mass is 200 g/mol. The van der Waals surface area contributed by atoms with Crippen molar-refractivity contribution in [2.24, 2.45) is 11.8 Å². The lowest BCUT2D eigenvalue weighted by Gasteiger charge is -2.20. The minimum absolute atomic E-state index is 0.207. The SMILES string of the molecule is CC.CC(C)CC1CC(=O)OC(=O)C1. The Morgan fingerprint density at radius 2 is 1.64 bits per heavy atom. The van der Waals surface area contributed by atoms with E-state index in [4.69, 9.17) is 0 Å². The first kappa shape index (κ1) is 13.1. The number of rotatable bonds is 2. The van der Waals surface area contributed by atoms with Gasteiger partial charge in [0.15, 0.2) is 0 Å². The molecule has 0 saturated carbocycles. The zero-order valence-electron chi connectivity index (χ0n) is 9.50. The van der Waals surface area contributed by atoms with Crippen molar-refractivity contribution in [3.63, 3.8) is 0 Å². The van der Waals surface area contributed by atoms with E-state index >= 15 is 0 Å². The van der Waals surface area contributed by atoms with Gasteiger partial charge in [0.25, 0.3) is 0 Å². The second-order valence-electron chi connectivity index (χ2n) is 3.75. The zero-order chi connectivity index (χ0) is 11.1. The maximum absolute atomic E-state index is 10.8. The van der Waals surface area contributed by atoms with Gasteiger partial charge in [0, 0.05) is 12.8 Å². The summed E-state index contributed by atoms with van der Waals surface area (Å²) in [6.07, 6.45) is 1.74. The minimum atomic E-state index is -0.364. The van der Waals surface area contributed by atoms with E-state index in [0.29, 0.717) is 18.8 Å². The highest BCUT2D eigenvalue weighted by Crippen LogP contribution is 2.23. The third-order valence-electron chi connectivity index (χ3n) is 1.94. The van der Waals surface area contributed by atoms with E-state index in [1.807, 2.05) is 13.8 Å². The van der Waals surface area contributed by atoms with E-state index in [1.165, 1.54) is 0 Å². The zero-order valence-corrected chi connectivity index (χ0v) is 9.50. The van der Waals surface area contributed by atoms with Crippen LogP contribution in [0.3, 0.4) is 0 Å². The number of esters is 2. The van der Waals surface area contributed by atoms with Crippen LogP contribution in [0.5, 0.6) is 0 Å². The van der Waals surface area contributed by atoms with Crippen LogP contribution in [-0.2, 0) is 14.3 Å². The molecule has 0 bridgehead atoms. The first-order valence-electron chi connectivity index (χ1n) is 5.31. The van der Waals surface area contributed by atoms with Crippen molar-refractivity contribution in [1.29, 1.82) is 0 Å². The van der Waals surface area contributed by atoms with Crippen LogP contribution >= 0.6 is 0 Å². The van der Waals surface area contributed by atoms with Gasteiger partial charge in [0.05, 0.1) is 0 Å². The second kappa shape index (κ2) is 6.57. The van der Waals surface area contributed by atoms with E-state index in [1.54, 1.807) is 0 Å². The van der Waals surface area contributed by atoms with Gasteiger partial charge in [-0.3, -0.25) is 9.59 Å². The Morgan fingerprint density at radius 1 is 1.21 bits per heavy atom. The van der Waals surface area contributed by atoms with Crippen LogP contribution in [0.25, 0.3) is 0 Å². The minimum Gasteiger partial charge on any atom is -0.393 e. The van der Waals surface area contributed by atoms with Crippen LogP contribution in [0.4, 0.5) is 0 Å². The quantitative estimate of drug-likeness (QED) is 0.508. The molecular weight excluding hydrogens is 180 g/mol. The average molecular weight is 200 g/mol. The molecule has 0 aromatic carbocycles. The Morgan fingerprint density at radius 3 is 2.00 bits per heavy atom. The smallest absolute Gasteiger partial charge is 0.313 e. The van der Waals surface area contributed by atoms with E-state index < -0.39 is 0 Å². The predicted molar refractivity (Wildman–Crippen MR) is 54.6 cm³/mol. The molecule has 1 aliphatic heterocycles. The molecule has 0 aliphatic carbocycles. The fourth-order valence-corrected chi connectivity index (χ4v) is 1.59. The van der Waals surface area contributed by atoms with Gasteiger partial charge in [0.2, 0.25) is 0 Å². The van der Waals surface area contributed by atoms with Gasteiger partial charge in [-0.15, -0.1) is 0 Å². The number of cyclic esters (lactones) is 2. The van der Waals surface area contributed by atoms with Gasteiger partial charge in [0.1, 0.15) is 0 Å². The number of hydrogen-bond donors (Lipinski definition) is 0. The summed E-state index contributed by atoms with van der Waals surface area (Å²) in [5.74, 6) is 0.0150. The number of carbonyl (C=O) groups excluding carboxylic acids is 2. The Kier molecular flexibility index (Phi) is 6.17. The van der Waals surface area contributed by atoms with E-state index in [9.17, 15) is 9.59 Å². The summed E-state index contributed by atoms with van der Waals surface area (Å²) in [7, 11) is 0. The van der Waals surface area contributed by atoms with E-state index in [-0.39, 0.29) is 17.9 Å². The molecule has 82 valence electrons. The summed E-state index contributed by atoms with van der Waals surface area (Å²) >= 11 is 0. The molecule has 3 heteroatoms. The Hall–Kier alpha value is -0.860. The molecule has 0 atom stereocenters. The number of carbonyl (C=O) groups is 2. The summed E-state index contributed by atoms with van der Waals surface area (Å²) in [6.45, 7) is 8.18. The third kappa shape index (κ3) is 5.00. The Bertz CT molecular complexity index is 181. The Balaban J connectivity index is 0.000000791. The van der Waals surface area contributed by atoms with Crippen molar-refractivity contribution in [3.05, 3.63) is 0 Å². The highest BCUT2D eigenvalue weighted by atomic mass is 16.6. The van der Waals surface area contributed by atoms with Crippen molar-refractivity contribution in [3.8, 4) is 0 Å². The third-order valence-corrected chi connectivity index (χ3v) is 1.94. The van der Waals surface area contributed by atoms with Gasteiger partial charge in [-0.25, -0.2) is 0 Å². The lowest BCUT2D eigenvalue weighted by atomic mass is 9.90. The molecule has 1 rings (SSSR count). The van der Waals surface area contributed by atoms with Gasteiger partial charge in [-0.2, -0.15) is 0 Å².